The fraction of sp³-hybridized carbons (Fsp3) is 0.450. The van der Waals surface area contributed by atoms with Gasteiger partial charge in [-0.15, -0.1) is 0 Å². The van der Waals surface area contributed by atoms with Crippen molar-refractivity contribution in [2.24, 2.45) is 0 Å². The maximum Gasteiger partial charge on any atom is 0.251 e. The number of benzene rings is 6. The zero-order chi connectivity index (χ0) is 77.5. The Bertz CT molecular complexity index is 3180. The lowest BCUT2D eigenvalue weighted by Gasteiger charge is -2.21. The molecular weight excluding hydrogens is 1360 g/mol. The van der Waals surface area contributed by atoms with Crippen LogP contribution in [0.1, 0.15) is 122 Å². The van der Waals surface area contributed by atoms with Crippen LogP contribution in [0.15, 0.2) is 133 Å². The van der Waals surface area contributed by atoms with Gasteiger partial charge >= 0.3 is 0 Å². The van der Waals surface area contributed by atoms with Crippen LogP contribution < -0.4 is 59.2 Å². The molecule has 6 aromatic rings. The third kappa shape index (κ3) is 39.8. The number of nitrogens with zero attached hydrogens (tertiary/aromatic N) is 4. The third-order valence-electron chi connectivity index (χ3n) is 14.0. The topological polar surface area (TPSA) is 341 Å². The number of ether oxygens (including phenoxy) is 14. The Morgan fingerprint density at radius 2 is 0.396 bits per heavy atom. The van der Waals surface area contributed by atoms with Gasteiger partial charge in [0.25, 0.3) is 23.6 Å². The van der Waals surface area contributed by atoms with Crippen molar-refractivity contribution in [3.8, 4) is 70.3 Å². The molecule has 0 unspecified atom stereocenters. The van der Waals surface area contributed by atoms with E-state index in [0.29, 0.717) is 174 Å². The summed E-state index contributed by atoms with van der Waals surface area (Å²) >= 11 is 0. The lowest BCUT2D eigenvalue weighted by Crippen LogP contribution is -2.31. The average molecular weight is 1470 g/mol. The highest BCUT2D eigenvalue weighted by Crippen LogP contribution is 2.28. The van der Waals surface area contributed by atoms with Crippen molar-refractivity contribution < 1.29 is 85.5 Å². The monoisotopic (exact) mass is 1460 g/mol. The largest absolute Gasteiger partial charge is 0.492 e. The molecule has 0 spiro atoms. The summed E-state index contributed by atoms with van der Waals surface area (Å²) in [6.07, 6.45) is 0. The van der Waals surface area contributed by atoms with Gasteiger partial charge in [0.2, 0.25) is 0 Å². The Morgan fingerprint density at radius 3 is 0.547 bits per heavy atom. The molecule has 8 heterocycles. The molecule has 26 nitrogen and oxygen atoms in total. The predicted molar refractivity (Wildman–Crippen MR) is 399 cm³/mol. The van der Waals surface area contributed by atoms with Crippen molar-refractivity contribution in [3.63, 3.8) is 0 Å². The van der Waals surface area contributed by atoms with E-state index in [0.717, 1.165) is 11.1 Å². The van der Waals surface area contributed by atoms with Crippen LogP contribution in [0.2, 0.25) is 0 Å². The molecule has 12 bridgehead atoms. The minimum atomic E-state index is -0.285. The van der Waals surface area contributed by atoms with E-state index in [4.69, 9.17) is 87.4 Å². The van der Waals surface area contributed by atoms with E-state index >= 15 is 0 Å². The first-order chi connectivity index (χ1) is 51.2. The Morgan fingerprint density at radius 1 is 0.255 bits per heavy atom. The van der Waals surface area contributed by atoms with Gasteiger partial charge in [-0.05, 0) is 155 Å². The number of carbonyl (C=O) groups excluding carboxylic acids is 4. The van der Waals surface area contributed by atoms with E-state index in [1.807, 2.05) is 163 Å². The maximum atomic E-state index is 13.1. The van der Waals surface area contributed by atoms with Crippen molar-refractivity contribution >= 4 is 23.6 Å². The molecule has 0 fully saturated rings. The smallest absolute Gasteiger partial charge is 0.251 e. The van der Waals surface area contributed by atoms with E-state index < -0.39 is 0 Å². The Hall–Kier alpha value is -10.7. The summed E-state index contributed by atoms with van der Waals surface area (Å²) in [5, 5.41) is 40.8. The second kappa shape index (κ2) is 54.0. The molecule has 0 radical (unpaired) electrons. The predicted octanol–water partition coefficient (Wildman–Crippen LogP) is 11.0. The lowest BCUT2D eigenvalue weighted by molar-refractivity contribution is 0.00498. The molecule has 572 valence electrons. The molecule has 0 saturated heterocycles. The first-order valence-corrected chi connectivity index (χ1v) is 34.8. The van der Waals surface area contributed by atoms with Crippen LogP contribution in [0, 0.1) is 45.3 Å². The Labute approximate surface area is 624 Å². The standard InChI is InChI=1S/2C36H46N2O9.4C2H3N/c2*1-36(2,3)29-25-27-24-28(26-29)35(40)38-13-15-45-31-6-10-33(11-7-31)47-23-21-43-19-17-41-16-18-42-20-22-46-32-8-4-30(5-9-32)44-14-12-37-34(27)39;4*1-2-3/h2*4-11,24-26H,12-23H2,1-3H3,(H,37,39)(H,38,40);4*1H3. The van der Waals surface area contributed by atoms with Gasteiger partial charge in [0, 0.05) is 49.9 Å². The zero-order valence-electron chi connectivity index (χ0n) is 62.8. The zero-order valence-corrected chi connectivity index (χ0v) is 62.8. The molecular formula is C80H104N8O18. The van der Waals surface area contributed by atoms with E-state index in [1.165, 1.54) is 27.7 Å². The second-order valence-electron chi connectivity index (χ2n) is 24.4. The summed E-state index contributed by atoms with van der Waals surface area (Å²) in [5.74, 6) is 4.29. The van der Waals surface area contributed by atoms with Gasteiger partial charge in [-0.2, -0.15) is 21.0 Å². The van der Waals surface area contributed by atoms with E-state index in [2.05, 4.69) is 21.3 Å². The van der Waals surface area contributed by atoms with Crippen molar-refractivity contribution in [1.82, 2.24) is 21.3 Å². The molecule has 26 heteroatoms. The van der Waals surface area contributed by atoms with Crippen molar-refractivity contribution in [3.05, 3.63) is 167 Å². The highest BCUT2D eigenvalue weighted by atomic mass is 16.6. The molecule has 4 N–H and O–H groups in total. The highest BCUT2D eigenvalue weighted by Gasteiger charge is 2.22. The molecule has 0 atom stereocenters. The van der Waals surface area contributed by atoms with Crippen LogP contribution in [-0.4, -0.2) is 182 Å². The maximum absolute atomic E-state index is 13.1. The summed E-state index contributed by atoms with van der Waals surface area (Å²) in [6, 6.07) is 46.5. The van der Waals surface area contributed by atoms with Gasteiger partial charge in [0.15, 0.2) is 0 Å². The van der Waals surface area contributed by atoms with Gasteiger partial charge < -0.3 is 87.6 Å². The number of rotatable bonds is 0. The third-order valence-corrected chi connectivity index (χ3v) is 14.0. The van der Waals surface area contributed by atoms with Gasteiger partial charge in [-0.25, -0.2) is 0 Å². The van der Waals surface area contributed by atoms with Gasteiger partial charge in [-0.3, -0.25) is 19.2 Å². The number of hydrogen-bond donors (Lipinski definition) is 4. The number of nitrogens with one attached hydrogen (secondary N) is 4. The number of carbonyl (C=O) groups is 4. The molecule has 14 rings (SSSR count). The fourth-order valence-corrected chi connectivity index (χ4v) is 8.87. The molecule has 8 aliphatic rings. The number of hydrogen-bond acceptors (Lipinski definition) is 22. The summed E-state index contributed by atoms with van der Waals surface area (Å²) in [5.41, 5.74) is 2.83. The Balaban J connectivity index is 0.000000479. The average Bonchev–Trinajstić information content (AvgIpc) is 0.817. The van der Waals surface area contributed by atoms with Crippen LogP contribution in [0.5, 0.6) is 46.0 Å². The van der Waals surface area contributed by atoms with Gasteiger partial charge in [0.1, 0.15) is 98.9 Å². The number of nitriles is 4. The first kappa shape index (κ1) is 89.5. The highest BCUT2D eigenvalue weighted by molar-refractivity contribution is 6.01. The van der Waals surface area contributed by atoms with E-state index in [-0.39, 0.29) is 87.1 Å². The number of amides is 4. The summed E-state index contributed by atoms with van der Waals surface area (Å²) in [6.45, 7) is 27.3. The molecule has 0 aliphatic carbocycles. The minimum absolute atomic E-state index is 0.271. The Kier molecular flexibility index (Phi) is 45.6. The molecule has 0 aromatic heterocycles. The quantitative estimate of drug-likeness (QED) is 0.110. The van der Waals surface area contributed by atoms with Gasteiger partial charge in [-0.1, -0.05) is 41.5 Å². The van der Waals surface area contributed by atoms with E-state index in [1.54, 1.807) is 36.4 Å². The van der Waals surface area contributed by atoms with Crippen molar-refractivity contribution in [1.29, 1.82) is 21.0 Å². The van der Waals surface area contributed by atoms with Crippen LogP contribution in [0.25, 0.3) is 0 Å². The molecule has 6 aromatic carbocycles. The molecule has 4 amide bonds. The molecule has 8 aliphatic heterocycles. The summed E-state index contributed by atoms with van der Waals surface area (Å²) in [4.78, 5) is 52.4. The molecule has 0 saturated carbocycles. The van der Waals surface area contributed by atoms with Crippen LogP contribution in [0.3, 0.4) is 0 Å². The SMILES string of the molecule is CC#N.CC#N.CC#N.CC#N.CC(C)(C)c1cc2cc(c1)C(=O)NCCOc1ccc(cc1)OCCOCCOCCOCCOc1ccc(cc1)OCCNC2=O.CC(C)(C)c1cc2cc(c1)C(=O)NCCOc1ccc(cc1)OCCOCCOCCOCCOc1ccc(cc1)OCCNC2=O. The normalized spacial score (nSPS) is 15.5. The van der Waals surface area contributed by atoms with Crippen molar-refractivity contribution in [2.45, 2.75) is 80.1 Å². The second-order valence-corrected chi connectivity index (χ2v) is 24.4. The van der Waals surface area contributed by atoms with Gasteiger partial charge in [0.05, 0.1) is 130 Å². The van der Waals surface area contributed by atoms with Crippen molar-refractivity contribution in [2.75, 3.05) is 158 Å². The molecule has 106 heavy (non-hydrogen) atoms. The summed E-state index contributed by atoms with van der Waals surface area (Å²) in [7, 11) is 0. The minimum Gasteiger partial charge on any atom is -0.492 e. The van der Waals surface area contributed by atoms with E-state index in [9.17, 15) is 19.2 Å². The first-order valence-electron chi connectivity index (χ1n) is 34.8. The van der Waals surface area contributed by atoms with Crippen LogP contribution >= 0.6 is 0 Å². The lowest BCUT2D eigenvalue weighted by atomic mass is 9.85. The fourth-order valence-electron chi connectivity index (χ4n) is 8.87. The van der Waals surface area contributed by atoms with Crippen LogP contribution in [0.4, 0.5) is 0 Å². The summed E-state index contributed by atoms with van der Waals surface area (Å²) < 4.78 is 79.3. The van der Waals surface area contributed by atoms with Crippen LogP contribution in [-0.2, 0) is 39.3 Å².